The minimum absolute atomic E-state index is 0.0472. The zero-order valence-electron chi connectivity index (χ0n) is 14.8. The van der Waals surface area contributed by atoms with Crippen molar-refractivity contribution in [1.82, 2.24) is 10.2 Å². The smallest absolute Gasteiger partial charge is 0.230 e. The van der Waals surface area contributed by atoms with Crippen LogP contribution in [0, 0.1) is 5.82 Å². The minimum Gasteiger partial charge on any atom is -0.353 e. The fraction of sp³-hybridized carbons (Fsp3) is 0.632. The quantitative estimate of drug-likeness (QED) is 0.862. The van der Waals surface area contributed by atoms with E-state index in [2.05, 4.69) is 10.2 Å². The van der Waals surface area contributed by atoms with Crippen molar-refractivity contribution in [3.05, 3.63) is 35.6 Å². The molecule has 3 fully saturated rings. The van der Waals surface area contributed by atoms with Crippen LogP contribution in [-0.2, 0) is 20.0 Å². The molecular weight excluding hydrogens is 355 g/mol. The van der Waals surface area contributed by atoms with E-state index in [0.717, 1.165) is 50.8 Å². The molecule has 1 aromatic carbocycles. The average Bonchev–Trinajstić information content (AvgIpc) is 3.35. The van der Waals surface area contributed by atoms with Gasteiger partial charge in [-0.05, 0) is 49.8 Å². The van der Waals surface area contributed by atoms with Crippen molar-refractivity contribution in [1.29, 1.82) is 0 Å². The fourth-order valence-electron chi connectivity index (χ4n) is 4.34. The number of carbonyl (C=O) groups is 1. The van der Waals surface area contributed by atoms with Crippen molar-refractivity contribution in [2.45, 2.75) is 49.6 Å². The van der Waals surface area contributed by atoms with E-state index in [9.17, 15) is 17.6 Å². The maximum Gasteiger partial charge on any atom is 0.230 e. The fourth-order valence-corrected chi connectivity index (χ4v) is 6.10. The van der Waals surface area contributed by atoms with Crippen LogP contribution in [0.4, 0.5) is 4.39 Å². The summed E-state index contributed by atoms with van der Waals surface area (Å²) in [6.07, 6.45) is 4.04. The highest BCUT2D eigenvalue weighted by molar-refractivity contribution is 7.91. The average molecular weight is 380 g/mol. The Morgan fingerprint density at radius 1 is 1.12 bits per heavy atom. The second kappa shape index (κ2) is 6.60. The molecule has 142 valence electrons. The molecule has 0 spiro atoms. The van der Waals surface area contributed by atoms with E-state index < -0.39 is 15.3 Å². The number of piperidine rings is 1. The van der Waals surface area contributed by atoms with Crippen molar-refractivity contribution < 1.29 is 17.6 Å². The first-order valence-electron chi connectivity index (χ1n) is 9.39. The van der Waals surface area contributed by atoms with E-state index >= 15 is 0 Å². The molecule has 2 saturated heterocycles. The van der Waals surface area contributed by atoms with Gasteiger partial charge < -0.3 is 5.32 Å². The molecular formula is C19H25FN2O3S. The molecule has 1 aromatic rings. The first-order chi connectivity index (χ1) is 12.4. The van der Waals surface area contributed by atoms with Crippen LogP contribution in [0.15, 0.2) is 24.3 Å². The predicted molar refractivity (Wildman–Crippen MR) is 97.1 cm³/mol. The van der Waals surface area contributed by atoms with Gasteiger partial charge in [0.1, 0.15) is 5.82 Å². The molecule has 1 amide bonds. The summed E-state index contributed by atoms with van der Waals surface area (Å²) in [5.41, 5.74) is 0.412. The van der Waals surface area contributed by atoms with Crippen molar-refractivity contribution in [2.24, 2.45) is 0 Å². The molecule has 1 unspecified atom stereocenters. The number of amides is 1. The summed E-state index contributed by atoms with van der Waals surface area (Å²) >= 11 is 0. The predicted octanol–water partition coefficient (Wildman–Crippen LogP) is 1.62. The lowest BCUT2D eigenvalue weighted by Gasteiger charge is -2.36. The van der Waals surface area contributed by atoms with Crippen LogP contribution in [-0.4, -0.2) is 55.9 Å². The third-order valence-corrected chi connectivity index (χ3v) is 7.92. The highest BCUT2D eigenvalue weighted by Crippen LogP contribution is 2.48. The van der Waals surface area contributed by atoms with Crippen LogP contribution < -0.4 is 5.32 Å². The Balaban J connectivity index is 1.32. The maximum absolute atomic E-state index is 13.1. The summed E-state index contributed by atoms with van der Waals surface area (Å²) in [4.78, 5) is 15.1. The molecule has 4 rings (SSSR count). The Kier molecular flexibility index (Phi) is 4.55. The molecule has 1 atom stereocenters. The molecule has 0 radical (unpaired) electrons. The second-order valence-electron chi connectivity index (χ2n) is 7.93. The van der Waals surface area contributed by atoms with Crippen LogP contribution in [0.5, 0.6) is 0 Å². The molecule has 0 bridgehead atoms. The van der Waals surface area contributed by atoms with Crippen LogP contribution in [0.2, 0.25) is 0 Å². The Morgan fingerprint density at radius 2 is 1.77 bits per heavy atom. The minimum atomic E-state index is -2.86. The number of carbonyl (C=O) groups excluding carboxylic acids is 1. The molecule has 5 nitrogen and oxygen atoms in total. The first-order valence-corrected chi connectivity index (χ1v) is 11.2. The Labute approximate surface area is 153 Å². The lowest BCUT2D eigenvalue weighted by Crippen LogP contribution is -2.50. The van der Waals surface area contributed by atoms with Crippen molar-refractivity contribution in [2.75, 3.05) is 24.6 Å². The topological polar surface area (TPSA) is 66.5 Å². The highest BCUT2D eigenvalue weighted by atomic mass is 32.2. The van der Waals surface area contributed by atoms with E-state index in [1.807, 2.05) is 0 Å². The standard InChI is InChI=1S/C19H25FN2O3S/c20-15-3-1-14(2-4-15)19(8-9-19)18(23)21-16-5-10-22(11-6-16)17-7-12-26(24,25)13-17/h1-4,16-17H,5-13H2,(H,21,23). The van der Waals surface area contributed by atoms with Crippen LogP contribution >= 0.6 is 0 Å². The molecule has 1 aliphatic carbocycles. The number of hydrogen-bond acceptors (Lipinski definition) is 4. The number of hydrogen-bond donors (Lipinski definition) is 1. The largest absolute Gasteiger partial charge is 0.353 e. The lowest BCUT2D eigenvalue weighted by atomic mass is 9.93. The number of sulfone groups is 1. The normalized spacial score (nSPS) is 28.0. The summed E-state index contributed by atoms with van der Waals surface area (Å²) in [6.45, 7) is 1.66. The van der Waals surface area contributed by atoms with Gasteiger partial charge in [-0.1, -0.05) is 12.1 Å². The van der Waals surface area contributed by atoms with Gasteiger partial charge in [0.2, 0.25) is 5.91 Å². The molecule has 2 aliphatic heterocycles. The van der Waals surface area contributed by atoms with Crippen molar-refractivity contribution in [3.8, 4) is 0 Å². The molecule has 26 heavy (non-hydrogen) atoms. The maximum atomic E-state index is 13.1. The molecule has 1 saturated carbocycles. The van der Waals surface area contributed by atoms with E-state index in [1.54, 1.807) is 12.1 Å². The van der Waals surface area contributed by atoms with E-state index in [0.29, 0.717) is 5.75 Å². The summed E-state index contributed by atoms with van der Waals surface area (Å²) in [5.74, 6) is 0.337. The molecule has 1 N–H and O–H groups in total. The van der Waals surface area contributed by atoms with Gasteiger partial charge in [0, 0.05) is 25.2 Å². The van der Waals surface area contributed by atoms with Gasteiger partial charge in [-0.2, -0.15) is 0 Å². The monoisotopic (exact) mass is 380 g/mol. The SMILES string of the molecule is O=C(NC1CCN(C2CCS(=O)(=O)C2)CC1)C1(c2ccc(F)cc2)CC1. The zero-order chi connectivity index (χ0) is 18.4. The van der Waals surface area contributed by atoms with Crippen LogP contribution in [0.25, 0.3) is 0 Å². The number of nitrogens with zero attached hydrogens (tertiary/aromatic N) is 1. The van der Waals surface area contributed by atoms with Crippen LogP contribution in [0.1, 0.15) is 37.7 Å². The number of benzene rings is 1. The van der Waals surface area contributed by atoms with Gasteiger partial charge in [-0.3, -0.25) is 9.69 Å². The Morgan fingerprint density at radius 3 is 2.31 bits per heavy atom. The van der Waals surface area contributed by atoms with Gasteiger partial charge >= 0.3 is 0 Å². The summed E-state index contributed by atoms with van der Waals surface area (Å²) < 4.78 is 36.5. The van der Waals surface area contributed by atoms with Crippen molar-refractivity contribution in [3.63, 3.8) is 0 Å². The second-order valence-corrected chi connectivity index (χ2v) is 10.2. The lowest BCUT2D eigenvalue weighted by molar-refractivity contribution is -0.124. The third-order valence-electron chi connectivity index (χ3n) is 6.17. The van der Waals surface area contributed by atoms with E-state index in [4.69, 9.17) is 0 Å². The zero-order valence-corrected chi connectivity index (χ0v) is 15.6. The van der Waals surface area contributed by atoms with Gasteiger partial charge in [-0.15, -0.1) is 0 Å². The van der Waals surface area contributed by atoms with E-state index in [1.165, 1.54) is 12.1 Å². The molecule has 0 aromatic heterocycles. The van der Waals surface area contributed by atoms with Crippen molar-refractivity contribution >= 4 is 15.7 Å². The van der Waals surface area contributed by atoms with E-state index in [-0.39, 0.29) is 29.6 Å². The molecule has 3 aliphatic rings. The number of nitrogens with one attached hydrogen (secondary N) is 1. The molecule has 2 heterocycles. The first kappa shape index (κ1) is 17.9. The summed E-state index contributed by atoms with van der Waals surface area (Å²) in [7, 11) is -2.86. The van der Waals surface area contributed by atoms with Gasteiger partial charge in [0.15, 0.2) is 9.84 Å². The summed E-state index contributed by atoms with van der Waals surface area (Å²) in [5, 5.41) is 3.18. The van der Waals surface area contributed by atoms with Gasteiger partial charge in [0.05, 0.1) is 16.9 Å². The summed E-state index contributed by atoms with van der Waals surface area (Å²) in [6, 6.07) is 6.53. The molecule has 7 heteroatoms. The third kappa shape index (κ3) is 3.51. The Bertz CT molecular complexity index is 782. The number of rotatable bonds is 4. The van der Waals surface area contributed by atoms with Gasteiger partial charge in [0.25, 0.3) is 0 Å². The Hall–Kier alpha value is -1.47. The highest BCUT2D eigenvalue weighted by Gasteiger charge is 2.51. The van der Waals surface area contributed by atoms with Gasteiger partial charge in [-0.25, -0.2) is 12.8 Å². The van der Waals surface area contributed by atoms with Crippen LogP contribution in [0.3, 0.4) is 0 Å². The number of likely N-dealkylation sites (tertiary alicyclic amines) is 1. The number of halogens is 1.